The highest BCUT2D eigenvalue weighted by atomic mass is 16.3. The van der Waals surface area contributed by atoms with Gasteiger partial charge in [0.15, 0.2) is 0 Å². The lowest BCUT2D eigenvalue weighted by atomic mass is 10.1. The van der Waals surface area contributed by atoms with E-state index in [0.29, 0.717) is 0 Å². The Morgan fingerprint density at radius 3 is 2.92 bits per heavy atom. The van der Waals surface area contributed by atoms with Crippen molar-refractivity contribution in [3.05, 3.63) is 18.2 Å². The molecule has 0 aliphatic carbocycles. The SMILES string of the molecule is CCC#C[C@@H](CO)c1cncn1C. The molecule has 1 rings (SSSR count). The first-order chi connectivity index (χ1) is 6.29. The van der Waals surface area contributed by atoms with Crippen molar-refractivity contribution in [1.82, 2.24) is 9.55 Å². The van der Waals surface area contributed by atoms with Crippen LogP contribution >= 0.6 is 0 Å². The van der Waals surface area contributed by atoms with E-state index in [0.717, 1.165) is 12.1 Å². The van der Waals surface area contributed by atoms with Gasteiger partial charge in [-0.05, 0) is 0 Å². The number of rotatable bonds is 2. The summed E-state index contributed by atoms with van der Waals surface area (Å²) in [4.78, 5) is 3.98. The van der Waals surface area contributed by atoms with Crippen molar-refractivity contribution in [3.8, 4) is 11.8 Å². The number of aliphatic hydroxyl groups is 1. The number of hydrogen-bond acceptors (Lipinski definition) is 2. The summed E-state index contributed by atoms with van der Waals surface area (Å²) in [6, 6.07) is 0. The zero-order chi connectivity index (χ0) is 9.68. The van der Waals surface area contributed by atoms with Crippen LogP contribution in [0.4, 0.5) is 0 Å². The number of aliphatic hydroxyl groups excluding tert-OH is 1. The summed E-state index contributed by atoms with van der Waals surface area (Å²) in [5.74, 6) is 5.86. The number of hydrogen-bond donors (Lipinski definition) is 1. The molecule has 13 heavy (non-hydrogen) atoms. The van der Waals surface area contributed by atoms with Crippen LogP contribution in [0, 0.1) is 11.8 Å². The van der Waals surface area contributed by atoms with Crippen LogP contribution in [0.2, 0.25) is 0 Å². The highest BCUT2D eigenvalue weighted by Crippen LogP contribution is 2.12. The maximum absolute atomic E-state index is 9.11. The molecule has 1 N–H and O–H groups in total. The Morgan fingerprint density at radius 1 is 1.69 bits per heavy atom. The van der Waals surface area contributed by atoms with Gasteiger partial charge in [-0.15, -0.1) is 5.92 Å². The van der Waals surface area contributed by atoms with E-state index in [4.69, 9.17) is 5.11 Å². The standard InChI is InChI=1S/C10H14N2O/c1-3-4-5-9(7-13)10-6-11-8-12(10)2/h6,8-9,13H,3,7H2,1-2H3/t9-/m0/s1. The Balaban J connectivity index is 2.84. The molecule has 0 aliphatic heterocycles. The van der Waals surface area contributed by atoms with Crippen molar-refractivity contribution in [3.63, 3.8) is 0 Å². The molecule has 0 saturated carbocycles. The Labute approximate surface area is 78.4 Å². The first-order valence-electron chi connectivity index (χ1n) is 4.35. The van der Waals surface area contributed by atoms with E-state index in [9.17, 15) is 0 Å². The summed E-state index contributed by atoms with van der Waals surface area (Å²) in [6.45, 7) is 2.04. The van der Waals surface area contributed by atoms with Gasteiger partial charge in [-0.1, -0.05) is 12.8 Å². The van der Waals surface area contributed by atoms with Crippen molar-refractivity contribution in [1.29, 1.82) is 0 Å². The molecule has 0 fully saturated rings. The average molecular weight is 178 g/mol. The summed E-state index contributed by atoms with van der Waals surface area (Å²) in [5, 5.41) is 9.11. The Bertz CT molecular complexity index is 319. The Morgan fingerprint density at radius 2 is 2.46 bits per heavy atom. The van der Waals surface area contributed by atoms with Gasteiger partial charge < -0.3 is 9.67 Å². The van der Waals surface area contributed by atoms with Crippen molar-refractivity contribution in [2.75, 3.05) is 6.61 Å². The predicted octanol–water partition coefficient (Wildman–Crippen LogP) is 0.909. The molecule has 0 aromatic carbocycles. The molecule has 1 aromatic heterocycles. The minimum atomic E-state index is -0.104. The molecule has 0 saturated heterocycles. The Hall–Kier alpha value is -1.27. The van der Waals surface area contributed by atoms with E-state index in [1.165, 1.54) is 0 Å². The van der Waals surface area contributed by atoms with E-state index in [1.54, 1.807) is 12.5 Å². The van der Waals surface area contributed by atoms with Crippen LogP contribution in [0.1, 0.15) is 25.0 Å². The number of aromatic nitrogens is 2. The smallest absolute Gasteiger partial charge is 0.0945 e. The van der Waals surface area contributed by atoms with Gasteiger partial charge in [0, 0.05) is 19.7 Å². The van der Waals surface area contributed by atoms with Crippen LogP contribution in [0.5, 0.6) is 0 Å². The van der Waals surface area contributed by atoms with Crippen LogP contribution in [0.15, 0.2) is 12.5 Å². The zero-order valence-corrected chi connectivity index (χ0v) is 7.99. The van der Waals surface area contributed by atoms with Gasteiger partial charge in [-0.2, -0.15) is 0 Å². The van der Waals surface area contributed by atoms with Gasteiger partial charge >= 0.3 is 0 Å². The van der Waals surface area contributed by atoms with Crippen molar-refractivity contribution in [2.24, 2.45) is 7.05 Å². The largest absolute Gasteiger partial charge is 0.395 e. The summed E-state index contributed by atoms with van der Waals surface area (Å²) in [6.07, 6.45) is 4.27. The second-order valence-corrected chi connectivity index (χ2v) is 2.84. The van der Waals surface area contributed by atoms with Crippen LogP contribution in [-0.2, 0) is 7.05 Å². The second kappa shape index (κ2) is 4.68. The Kier molecular flexibility index (Phi) is 3.53. The van der Waals surface area contributed by atoms with Crippen LogP contribution in [-0.4, -0.2) is 21.3 Å². The third kappa shape index (κ3) is 2.33. The maximum Gasteiger partial charge on any atom is 0.0945 e. The molecule has 0 unspecified atom stereocenters. The highest BCUT2D eigenvalue weighted by molar-refractivity contribution is 5.20. The van der Waals surface area contributed by atoms with Crippen LogP contribution in [0.3, 0.4) is 0 Å². The number of nitrogens with zero attached hydrogens (tertiary/aromatic N) is 2. The minimum absolute atomic E-state index is 0.0481. The third-order valence-electron chi connectivity index (χ3n) is 1.85. The fourth-order valence-electron chi connectivity index (χ4n) is 1.14. The lowest BCUT2D eigenvalue weighted by molar-refractivity contribution is 0.283. The van der Waals surface area contributed by atoms with Crippen LogP contribution < -0.4 is 0 Å². The first-order valence-corrected chi connectivity index (χ1v) is 4.35. The molecule has 0 bridgehead atoms. The summed E-state index contributed by atoms with van der Waals surface area (Å²) in [5.41, 5.74) is 0.962. The number of imidazole rings is 1. The average Bonchev–Trinajstić information content (AvgIpc) is 2.54. The van der Waals surface area contributed by atoms with Gasteiger partial charge in [-0.25, -0.2) is 4.98 Å². The monoisotopic (exact) mass is 178 g/mol. The summed E-state index contributed by atoms with van der Waals surface area (Å²) < 4.78 is 1.88. The molecule has 0 radical (unpaired) electrons. The summed E-state index contributed by atoms with van der Waals surface area (Å²) in [7, 11) is 1.90. The van der Waals surface area contributed by atoms with Gasteiger partial charge in [0.05, 0.1) is 24.5 Å². The van der Waals surface area contributed by atoms with Gasteiger partial charge in [0.2, 0.25) is 0 Å². The highest BCUT2D eigenvalue weighted by Gasteiger charge is 2.09. The lowest BCUT2D eigenvalue weighted by Gasteiger charge is -2.06. The molecule has 3 heteroatoms. The molecule has 0 aliphatic rings. The van der Waals surface area contributed by atoms with E-state index < -0.39 is 0 Å². The molecular weight excluding hydrogens is 164 g/mol. The van der Waals surface area contributed by atoms with E-state index >= 15 is 0 Å². The third-order valence-corrected chi connectivity index (χ3v) is 1.85. The normalized spacial score (nSPS) is 11.9. The lowest BCUT2D eigenvalue weighted by Crippen LogP contribution is -2.06. The minimum Gasteiger partial charge on any atom is -0.395 e. The van der Waals surface area contributed by atoms with E-state index in [2.05, 4.69) is 16.8 Å². The van der Waals surface area contributed by atoms with Crippen molar-refractivity contribution in [2.45, 2.75) is 19.3 Å². The van der Waals surface area contributed by atoms with Crippen molar-refractivity contribution >= 4 is 0 Å². The van der Waals surface area contributed by atoms with Gasteiger partial charge in [0.25, 0.3) is 0 Å². The molecule has 0 spiro atoms. The van der Waals surface area contributed by atoms with Crippen molar-refractivity contribution < 1.29 is 5.11 Å². The predicted molar refractivity (Wildman–Crippen MR) is 51.1 cm³/mol. The van der Waals surface area contributed by atoms with E-state index in [-0.39, 0.29) is 12.5 Å². The molecule has 3 nitrogen and oxygen atoms in total. The molecule has 0 amide bonds. The zero-order valence-electron chi connectivity index (χ0n) is 7.99. The molecular formula is C10H14N2O. The van der Waals surface area contributed by atoms with Gasteiger partial charge in [0.1, 0.15) is 0 Å². The fraction of sp³-hybridized carbons (Fsp3) is 0.500. The fourth-order valence-corrected chi connectivity index (χ4v) is 1.14. The van der Waals surface area contributed by atoms with Gasteiger partial charge in [-0.3, -0.25) is 0 Å². The van der Waals surface area contributed by atoms with E-state index in [1.807, 2.05) is 18.5 Å². The molecule has 70 valence electrons. The topological polar surface area (TPSA) is 38.1 Å². The maximum atomic E-state index is 9.11. The molecule has 1 aromatic rings. The molecule has 1 heterocycles. The first kappa shape index (κ1) is 9.82. The number of aryl methyl sites for hydroxylation is 1. The van der Waals surface area contributed by atoms with Crippen LogP contribution in [0.25, 0.3) is 0 Å². The second-order valence-electron chi connectivity index (χ2n) is 2.84. The molecule has 1 atom stereocenters. The summed E-state index contributed by atoms with van der Waals surface area (Å²) >= 11 is 0. The quantitative estimate of drug-likeness (QED) is 0.683.